The van der Waals surface area contributed by atoms with Crippen molar-refractivity contribution >= 4 is 82.9 Å². The van der Waals surface area contributed by atoms with Gasteiger partial charge in [0.25, 0.3) is 0 Å². The molecular weight excluding hydrogens is 243 g/mol. The Morgan fingerprint density at radius 1 is 1.50 bits per heavy atom. The van der Waals surface area contributed by atoms with E-state index >= 15 is 0 Å². The molecule has 1 atom stereocenters. The fourth-order valence-electron chi connectivity index (χ4n) is 0.627. The molecular formula is C6H5ClKO2S2. The zero-order valence-electron chi connectivity index (χ0n) is 6.36. The second kappa shape index (κ2) is 5.38. The van der Waals surface area contributed by atoms with Crippen molar-refractivity contribution < 1.29 is 8.76 Å². The van der Waals surface area contributed by atoms with Crippen LogP contribution < -0.4 is 0 Å². The summed E-state index contributed by atoms with van der Waals surface area (Å²) in [5.74, 6) is 0. The molecule has 0 fully saturated rings. The van der Waals surface area contributed by atoms with Gasteiger partial charge in [-0.2, -0.15) is 0 Å². The minimum absolute atomic E-state index is 0. The van der Waals surface area contributed by atoms with Gasteiger partial charge in [0.1, 0.15) is 0 Å². The van der Waals surface area contributed by atoms with E-state index in [4.69, 9.17) is 16.2 Å². The van der Waals surface area contributed by atoms with Gasteiger partial charge in [0.05, 0.1) is 4.90 Å². The summed E-state index contributed by atoms with van der Waals surface area (Å²) in [6.45, 7) is 0. The molecule has 1 unspecified atom stereocenters. The molecule has 0 saturated heterocycles. The van der Waals surface area contributed by atoms with E-state index in [2.05, 4.69) is 11.2 Å². The van der Waals surface area contributed by atoms with Crippen molar-refractivity contribution in [3.8, 4) is 0 Å². The van der Waals surface area contributed by atoms with E-state index in [1.807, 2.05) is 0 Å². The van der Waals surface area contributed by atoms with Crippen LogP contribution in [0.2, 0.25) is 5.02 Å². The van der Waals surface area contributed by atoms with Crippen LogP contribution >= 0.6 is 11.6 Å². The largest absolute Gasteiger partial charge is 0.302 e. The maximum atomic E-state index is 10.9. The summed E-state index contributed by atoms with van der Waals surface area (Å²) in [7, 11) is -3.28. The van der Waals surface area contributed by atoms with Crippen LogP contribution in [0.3, 0.4) is 0 Å². The summed E-state index contributed by atoms with van der Waals surface area (Å²) < 4.78 is 19.7. The van der Waals surface area contributed by atoms with E-state index in [-0.39, 0.29) is 56.3 Å². The fourth-order valence-corrected chi connectivity index (χ4v) is 1.72. The summed E-state index contributed by atoms with van der Waals surface area (Å²) in [5.41, 5.74) is 0. The van der Waals surface area contributed by atoms with Crippen molar-refractivity contribution in [1.82, 2.24) is 0 Å². The number of benzene rings is 1. The van der Waals surface area contributed by atoms with Gasteiger partial charge in [0, 0.05) is 67.6 Å². The van der Waals surface area contributed by atoms with Gasteiger partial charge >= 0.3 is 0 Å². The minimum Gasteiger partial charge on any atom is -0.302 e. The van der Waals surface area contributed by atoms with Gasteiger partial charge in [0.2, 0.25) is 0 Å². The van der Waals surface area contributed by atoms with Crippen LogP contribution in [0.25, 0.3) is 0 Å². The zero-order valence-corrected chi connectivity index (χ0v) is 11.9. The fraction of sp³-hybridized carbons (Fsp3) is 0. The van der Waals surface area contributed by atoms with E-state index in [0.717, 1.165) is 0 Å². The maximum Gasteiger partial charge on any atom is 0.171 e. The van der Waals surface area contributed by atoms with Crippen LogP contribution in [0, 0.1) is 0 Å². The zero-order chi connectivity index (χ0) is 8.48. The molecule has 1 N–H and O–H groups in total. The normalized spacial score (nSPS) is 14.5. The summed E-state index contributed by atoms with van der Waals surface area (Å²) in [4.78, 5) is 0.181. The number of hydrogen-bond donors (Lipinski definition) is 1. The SMILES string of the molecule is O=S(O)(=S)c1cccc(Cl)c1.[K]. The van der Waals surface area contributed by atoms with Gasteiger partial charge in [-0.1, -0.05) is 17.7 Å². The van der Waals surface area contributed by atoms with Gasteiger partial charge < -0.3 is 4.55 Å². The summed E-state index contributed by atoms with van der Waals surface area (Å²) in [6, 6.07) is 6.06. The monoisotopic (exact) mass is 247 g/mol. The topological polar surface area (TPSA) is 37.3 Å². The molecule has 61 valence electrons. The van der Waals surface area contributed by atoms with Crippen LogP contribution in [0.5, 0.6) is 0 Å². The molecule has 1 aromatic rings. The molecule has 1 rings (SSSR count). The molecule has 0 amide bonds. The van der Waals surface area contributed by atoms with Gasteiger partial charge in [-0.25, -0.2) is 4.21 Å². The van der Waals surface area contributed by atoms with Gasteiger partial charge in [0.15, 0.2) is 8.77 Å². The molecule has 0 aliphatic rings. The third-order valence-electron chi connectivity index (χ3n) is 1.09. The first-order valence-corrected chi connectivity index (χ1v) is 5.55. The van der Waals surface area contributed by atoms with E-state index in [9.17, 15) is 4.21 Å². The third-order valence-corrected chi connectivity index (χ3v) is 2.76. The number of hydrogen-bond acceptors (Lipinski definition) is 2. The van der Waals surface area contributed by atoms with Crippen molar-refractivity contribution in [2.75, 3.05) is 0 Å². The maximum absolute atomic E-state index is 10.9. The van der Waals surface area contributed by atoms with E-state index < -0.39 is 8.77 Å². The summed E-state index contributed by atoms with van der Waals surface area (Å²) in [6.07, 6.45) is 0. The van der Waals surface area contributed by atoms with E-state index in [0.29, 0.717) is 5.02 Å². The van der Waals surface area contributed by atoms with Crippen molar-refractivity contribution in [2.45, 2.75) is 4.90 Å². The summed E-state index contributed by atoms with van der Waals surface area (Å²) >= 11 is 9.90. The quantitative estimate of drug-likeness (QED) is 0.765. The van der Waals surface area contributed by atoms with Crippen LogP contribution in [-0.2, 0) is 20.0 Å². The van der Waals surface area contributed by atoms with Gasteiger partial charge in [-0.15, -0.1) is 0 Å². The molecule has 1 aromatic carbocycles. The Bertz CT molecular complexity index is 364. The van der Waals surface area contributed by atoms with Crippen molar-refractivity contribution in [3.63, 3.8) is 0 Å². The predicted molar refractivity (Wildman–Crippen MR) is 53.6 cm³/mol. The molecule has 0 spiro atoms. The molecule has 0 aliphatic heterocycles. The Morgan fingerprint density at radius 3 is 2.42 bits per heavy atom. The van der Waals surface area contributed by atoms with Crippen molar-refractivity contribution in [2.24, 2.45) is 0 Å². The van der Waals surface area contributed by atoms with E-state index in [1.165, 1.54) is 12.1 Å². The van der Waals surface area contributed by atoms with Crippen LogP contribution in [0.1, 0.15) is 0 Å². The van der Waals surface area contributed by atoms with Gasteiger partial charge in [-0.3, -0.25) is 0 Å². The second-order valence-corrected chi connectivity index (χ2v) is 5.15. The first-order chi connectivity index (χ1) is 5.00. The molecule has 12 heavy (non-hydrogen) atoms. The summed E-state index contributed by atoms with van der Waals surface area (Å²) in [5, 5.41) is 0.411. The van der Waals surface area contributed by atoms with Crippen LogP contribution in [0.15, 0.2) is 29.2 Å². The smallest absolute Gasteiger partial charge is 0.171 e. The molecule has 0 saturated carbocycles. The minimum atomic E-state index is -3.28. The molecule has 2 nitrogen and oxygen atoms in total. The molecule has 0 aliphatic carbocycles. The predicted octanol–water partition coefficient (Wildman–Crippen LogP) is 1.54. The number of rotatable bonds is 1. The first kappa shape index (κ1) is 13.5. The Morgan fingerprint density at radius 2 is 2.08 bits per heavy atom. The second-order valence-electron chi connectivity index (χ2n) is 1.93. The Hall–Kier alpha value is 1.48. The molecule has 6 heteroatoms. The molecule has 0 heterocycles. The average molecular weight is 248 g/mol. The Kier molecular flexibility index (Phi) is 6.04. The van der Waals surface area contributed by atoms with Crippen molar-refractivity contribution in [3.05, 3.63) is 29.3 Å². The molecule has 0 aromatic heterocycles. The molecule has 0 bridgehead atoms. The van der Waals surface area contributed by atoms with E-state index in [1.54, 1.807) is 12.1 Å². The third kappa shape index (κ3) is 4.12. The standard InChI is InChI=1S/C6H5ClO2S2.K/c7-5-2-1-3-6(4-5)11(8,9)10;/h1-4H,(H,8,9,10);. The van der Waals surface area contributed by atoms with Crippen molar-refractivity contribution in [1.29, 1.82) is 0 Å². The van der Waals surface area contributed by atoms with Crippen LogP contribution in [0.4, 0.5) is 0 Å². The first-order valence-electron chi connectivity index (χ1n) is 2.73. The Balaban J connectivity index is 0.00000121. The Labute approximate surface area is 124 Å². The average Bonchev–Trinajstić information content (AvgIpc) is 1.86. The van der Waals surface area contributed by atoms with Gasteiger partial charge in [-0.05, 0) is 18.2 Å². The molecule has 1 radical (unpaired) electrons. The van der Waals surface area contributed by atoms with Crippen LogP contribution in [-0.4, -0.2) is 60.1 Å². The number of halogens is 1.